The Morgan fingerprint density at radius 3 is 2.28 bits per heavy atom. The number of benzene rings is 2. The molecule has 3 aromatic rings. The van der Waals surface area contributed by atoms with E-state index in [1.807, 2.05) is 6.07 Å². The summed E-state index contributed by atoms with van der Waals surface area (Å²) in [4.78, 5) is 4.20. The molecular weight excluding hydrogens is 327 g/mol. The van der Waals surface area contributed by atoms with Gasteiger partial charge in [-0.3, -0.25) is 0 Å². The fraction of sp³-hybridized carbons (Fsp3) is 0.0526. The third kappa shape index (κ3) is 2.92. The molecule has 2 N–H and O–H groups in total. The van der Waals surface area contributed by atoms with E-state index in [9.17, 15) is 18.4 Å². The fourth-order valence-corrected chi connectivity index (χ4v) is 2.72. The number of pyridine rings is 1. The second-order valence-electron chi connectivity index (χ2n) is 5.46. The van der Waals surface area contributed by atoms with Crippen molar-refractivity contribution in [3.05, 3.63) is 71.0 Å². The van der Waals surface area contributed by atoms with Gasteiger partial charge in [-0.15, -0.1) is 0 Å². The molecule has 0 unspecified atom stereocenters. The fourth-order valence-electron chi connectivity index (χ4n) is 2.72. The monoisotopic (exact) mass is 339 g/mol. The van der Waals surface area contributed by atoms with Gasteiger partial charge in [-0.1, -0.05) is 0 Å². The summed E-state index contributed by atoms with van der Waals surface area (Å²) >= 11 is 0. The molecule has 0 radical (unpaired) electrons. The Labute approximate surface area is 142 Å². The first-order valence-corrected chi connectivity index (χ1v) is 7.34. The van der Waals surface area contributed by atoms with Gasteiger partial charge in [-0.2, -0.15) is 5.26 Å². The Kier molecular flexibility index (Phi) is 4.15. The summed E-state index contributed by atoms with van der Waals surface area (Å²) in [6.07, 6.45) is 0. The van der Waals surface area contributed by atoms with Crippen molar-refractivity contribution in [2.24, 2.45) is 0 Å². The van der Waals surface area contributed by atoms with Crippen LogP contribution in [0.1, 0.15) is 11.1 Å². The third-order valence-electron chi connectivity index (χ3n) is 3.90. The van der Waals surface area contributed by atoms with Crippen molar-refractivity contribution in [3.8, 4) is 28.5 Å². The molecule has 0 aliphatic carbocycles. The maximum absolute atomic E-state index is 14.3. The van der Waals surface area contributed by atoms with E-state index in [2.05, 4.69) is 4.98 Å². The number of nitriles is 1. The van der Waals surface area contributed by atoms with E-state index < -0.39 is 17.5 Å². The number of aromatic nitrogens is 1. The summed E-state index contributed by atoms with van der Waals surface area (Å²) in [6, 6.07) is 10.4. The van der Waals surface area contributed by atoms with Gasteiger partial charge >= 0.3 is 0 Å². The van der Waals surface area contributed by atoms with Gasteiger partial charge in [-0.25, -0.2) is 18.2 Å². The SMILES string of the molecule is Cc1c(-c2ccc(F)cc2)nc(N)c(C#N)c1-c1cc(F)ccc1F. The smallest absolute Gasteiger partial charge is 0.142 e. The first-order valence-electron chi connectivity index (χ1n) is 7.34. The molecule has 3 nitrogen and oxygen atoms in total. The molecule has 3 rings (SSSR count). The number of nitrogen functional groups attached to an aromatic ring is 1. The number of anilines is 1. The van der Waals surface area contributed by atoms with Crippen molar-refractivity contribution in [3.63, 3.8) is 0 Å². The van der Waals surface area contributed by atoms with Crippen molar-refractivity contribution in [1.29, 1.82) is 5.26 Å². The average Bonchev–Trinajstić information content (AvgIpc) is 2.59. The minimum Gasteiger partial charge on any atom is -0.383 e. The lowest BCUT2D eigenvalue weighted by atomic mass is 9.92. The van der Waals surface area contributed by atoms with Gasteiger partial charge in [0.2, 0.25) is 0 Å². The molecule has 1 heterocycles. The Bertz CT molecular complexity index is 1010. The van der Waals surface area contributed by atoms with Crippen LogP contribution < -0.4 is 5.73 Å². The van der Waals surface area contributed by atoms with Crippen LogP contribution in [0.2, 0.25) is 0 Å². The second kappa shape index (κ2) is 6.29. The molecule has 25 heavy (non-hydrogen) atoms. The number of hydrogen-bond donors (Lipinski definition) is 1. The molecule has 0 aliphatic heterocycles. The molecule has 0 saturated carbocycles. The van der Waals surface area contributed by atoms with Crippen molar-refractivity contribution in [2.75, 3.05) is 5.73 Å². The van der Waals surface area contributed by atoms with E-state index in [0.29, 0.717) is 16.8 Å². The summed E-state index contributed by atoms with van der Waals surface area (Å²) in [5.74, 6) is -1.85. The molecule has 6 heteroatoms. The van der Waals surface area contributed by atoms with E-state index in [0.717, 1.165) is 18.2 Å². The summed E-state index contributed by atoms with van der Waals surface area (Å²) in [7, 11) is 0. The molecule has 0 aliphatic rings. The maximum atomic E-state index is 14.3. The largest absolute Gasteiger partial charge is 0.383 e. The molecule has 0 atom stereocenters. The van der Waals surface area contributed by atoms with Gasteiger partial charge in [-0.05, 0) is 55.0 Å². The Balaban J connectivity index is 2.36. The average molecular weight is 339 g/mol. The highest BCUT2D eigenvalue weighted by Crippen LogP contribution is 2.37. The molecular formula is C19H12F3N3. The van der Waals surface area contributed by atoms with Gasteiger partial charge in [0.15, 0.2) is 0 Å². The van der Waals surface area contributed by atoms with Gasteiger partial charge in [0.25, 0.3) is 0 Å². The van der Waals surface area contributed by atoms with Gasteiger partial charge < -0.3 is 5.73 Å². The Morgan fingerprint density at radius 2 is 1.64 bits per heavy atom. The van der Waals surface area contributed by atoms with Crippen molar-refractivity contribution < 1.29 is 13.2 Å². The standard InChI is InChI=1S/C19H12F3N3/c1-10-17(14-8-13(21)6-7-16(14)22)15(9-23)19(24)25-18(10)11-2-4-12(20)5-3-11/h2-8H,1H3,(H2,24,25). The highest BCUT2D eigenvalue weighted by molar-refractivity contribution is 5.84. The topological polar surface area (TPSA) is 62.7 Å². The number of nitrogens with zero attached hydrogens (tertiary/aromatic N) is 2. The zero-order chi connectivity index (χ0) is 18.1. The quantitative estimate of drug-likeness (QED) is 0.742. The summed E-state index contributed by atoms with van der Waals surface area (Å²) in [5, 5.41) is 9.41. The zero-order valence-corrected chi connectivity index (χ0v) is 13.1. The van der Waals surface area contributed by atoms with Crippen LogP contribution in [0, 0.1) is 35.7 Å². The number of halogens is 3. The lowest BCUT2D eigenvalue weighted by molar-refractivity contribution is 0.603. The zero-order valence-electron chi connectivity index (χ0n) is 13.1. The predicted octanol–water partition coefficient (Wildman–Crippen LogP) is 4.60. The normalized spacial score (nSPS) is 10.5. The Morgan fingerprint density at radius 1 is 1.00 bits per heavy atom. The van der Waals surface area contributed by atoms with Crippen molar-refractivity contribution >= 4 is 5.82 Å². The van der Waals surface area contributed by atoms with Gasteiger partial charge in [0, 0.05) is 16.7 Å². The molecule has 1 aromatic heterocycles. The molecule has 0 amide bonds. The summed E-state index contributed by atoms with van der Waals surface area (Å²) < 4.78 is 41.1. The Hall–Kier alpha value is -3.33. The van der Waals surface area contributed by atoms with E-state index in [1.54, 1.807) is 6.92 Å². The highest BCUT2D eigenvalue weighted by atomic mass is 19.1. The number of nitrogens with two attached hydrogens (primary N) is 1. The van der Waals surface area contributed by atoms with E-state index >= 15 is 0 Å². The lowest BCUT2D eigenvalue weighted by Crippen LogP contribution is -2.04. The van der Waals surface area contributed by atoms with Crippen molar-refractivity contribution in [2.45, 2.75) is 6.92 Å². The predicted molar refractivity (Wildman–Crippen MR) is 88.8 cm³/mol. The van der Waals surface area contributed by atoms with Crippen LogP contribution in [0.25, 0.3) is 22.4 Å². The van der Waals surface area contributed by atoms with Crippen LogP contribution in [-0.2, 0) is 0 Å². The highest BCUT2D eigenvalue weighted by Gasteiger charge is 2.21. The first kappa shape index (κ1) is 16.5. The minimum absolute atomic E-state index is 0.0344. The van der Waals surface area contributed by atoms with Crippen LogP contribution in [0.15, 0.2) is 42.5 Å². The maximum Gasteiger partial charge on any atom is 0.142 e. The molecule has 124 valence electrons. The van der Waals surface area contributed by atoms with Crippen molar-refractivity contribution in [1.82, 2.24) is 4.98 Å². The van der Waals surface area contributed by atoms with Gasteiger partial charge in [0.1, 0.15) is 34.9 Å². The van der Waals surface area contributed by atoms with Crippen LogP contribution in [0.3, 0.4) is 0 Å². The van der Waals surface area contributed by atoms with E-state index in [4.69, 9.17) is 5.73 Å². The molecule has 0 saturated heterocycles. The second-order valence-corrected chi connectivity index (χ2v) is 5.46. The first-order chi connectivity index (χ1) is 11.9. The summed E-state index contributed by atoms with van der Waals surface area (Å²) in [6.45, 7) is 1.63. The number of hydrogen-bond acceptors (Lipinski definition) is 3. The lowest BCUT2D eigenvalue weighted by Gasteiger charge is -2.15. The molecule has 2 aromatic carbocycles. The van der Waals surface area contributed by atoms with E-state index in [1.165, 1.54) is 24.3 Å². The van der Waals surface area contributed by atoms with Crippen LogP contribution in [-0.4, -0.2) is 4.98 Å². The molecule has 0 spiro atoms. The van der Waals surface area contributed by atoms with E-state index in [-0.39, 0.29) is 22.5 Å². The van der Waals surface area contributed by atoms with Crippen LogP contribution in [0.5, 0.6) is 0 Å². The minimum atomic E-state index is -0.684. The third-order valence-corrected chi connectivity index (χ3v) is 3.90. The number of rotatable bonds is 2. The van der Waals surface area contributed by atoms with Crippen LogP contribution >= 0.6 is 0 Å². The van der Waals surface area contributed by atoms with Gasteiger partial charge in [0.05, 0.1) is 5.69 Å². The van der Waals surface area contributed by atoms with Crippen LogP contribution in [0.4, 0.5) is 19.0 Å². The molecule has 0 fully saturated rings. The summed E-state index contributed by atoms with van der Waals surface area (Å²) in [5.41, 5.74) is 7.30. The molecule has 0 bridgehead atoms.